The lowest BCUT2D eigenvalue weighted by molar-refractivity contribution is -0.161. The van der Waals surface area contributed by atoms with E-state index in [-0.39, 0.29) is 25.7 Å². The van der Waals surface area contributed by atoms with Gasteiger partial charge in [0.2, 0.25) is 0 Å². The molecule has 0 heterocycles. The third-order valence-electron chi connectivity index (χ3n) is 17.1. The smallest absolute Gasteiger partial charge is 0.462 e. The number of esters is 4. The molecule has 0 aliphatic heterocycles. The molecule has 0 aromatic rings. The van der Waals surface area contributed by atoms with Crippen molar-refractivity contribution in [2.45, 2.75) is 406 Å². The molecule has 0 saturated carbocycles. The number of phosphoric ester groups is 2. The zero-order chi connectivity index (χ0) is 67.5. The van der Waals surface area contributed by atoms with Gasteiger partial charge in [0.1, 0.15) is 19.3 Å². The van der Waals surface area contributed by atoms with Crippen LogP contribution in [0.25, 0.3) is 0 Å². The van der Waals surface area contributed by atoms with E-state index in [1.807, 2.05) is 0 Å². The Morgan fingerprint density at radius 1 is 0.261 bits per heavy atom. The third-order valence-corrected chi connectivity index (χ3v) is 19.0. The number of ether oxygens (including phenoxy) is 4. The first-order valence-corrected chi connectivity index (χ1v) is 41.3. The van der Waals surface area contributed by atoms with E-state index in [9.17, 15) is 43.2 Å². The fraction of sp³-hybridized carbons (Fsp3) is 0.945. The van der Waals surface area contributed by atoms with Crippen molar-refractivity contribution < 1.29 is 80.2 Å². The maximum Gasteiger partial charge on any atom is 0.472 e. The van der Waals surface area contributed by atoms with Gasteiger partial charge in [-0.25, -0.2) is 9.13 Å². The predicted molar refractivity (Wildman–Crippen MR) is 372 cm³/mol. The van der Waals surface area contributed by atoms with E-state index in [1.165, 1.54) is 218 Å². The number of aliphatic hydroxyl groups is 1. The Morgan fingerprint density at radius 2 is 0.435 bits per heavy atom. The normalized spacial score (nSPS) is 13.9. The molecule has 3 N–H and O–H groups in total. The van der Waals surface area contributed by atoms with Crippen molar-refractivity contribution >= 4 is 39.5 Å². The van der Waals surface area contributed by atoms with E-state index in [4.69, 9.17) is 37.0 Å². The number of rotatable bonds is 74. The van der Waals surface area contributed by atoms with Crippen LogP contribution in [0.1, 0.15) is 387 Å². The van der Waals surface area contributed by atoms with Crippen LogP contribution in [-0.2, 0) is 65.4 Å². The second-order valence-electron chi connectivity index (χ2n) is 26.3. The standard InChI is InChI=1S/C73H142O17P2/c1-5-9-13-17-21-25-28-31-34-35-38-41-44-48-52-56-60-73(78)90-69(64-84-71(76)58-54-50-46-42-39-36-32-29-26-22-18-14-10-6-2)66-88-92(81,82)86-62-67(74)61-85-91(79,80)87-65-68(63-83-70(75)57-53-49-45-24-20-16-12-8-4)89-72(77)59-55-51-47-43-40-37-33-30-27-23-19-15-11-7-3/h67-69,74H,5-66H2,1-4H3,(H,79,80)(H,81,82)/t67-,68+,69+/m0/s1. The highest BCUT2D eigenvalue weighted by atomic mass is 31.2. The fourth-order valence-corrected chi connectivity index (χ4v) is 12.8. The summed E-state index contributed by atoms with van der Waals surface area (Å²) >= 11 is 0. The molecule has 0 amide bonds. The molecule has 0 saturated heterocycles. The highest BCUT2D eigenvalue weighted by molar-refractivity contribution is 7.47. The number of hydrogen-bond acceptors (Lipinski definition) is 15. The molecule has 92 heavy (non-hydrogen) atoms. The Kier molecular flexibility index (Phi) is 66.2. The van der Waals surface area contributed by atoms with E-state index in [0.717, 1.165) is 89.9 Å². The SMILES string of the molecule is CCCCCCCCCCCCCCCCCCC(=O)O[C@H](COC(=O)CCCCCCCCCCCCCCCC)COP(=O)(O)OC[C@@H](O)COP(=O)(O)OC[C@@H](COC(=O)CCCCCCCCCC)OC(=O)CCCCCCCCCCCCCCCC. The Morgan fingerprint density at radius 3 is 0.641 bits per heavy atom. The minimum absolute atomic E-state index is 0.108. The summed E-state index contributed by atoms with van der Waals surface area (Å²) in [5, 5.41) is 10.6. The van der Waals surface area contributed by atoms with Gasteiger partial charge in [0.05, 0.1) is 26.4 Å². The number of carbonyl (C=O) groups excluding carboxylic acids is 4. The minimum atomic E-state index is -4.95. The molecular formula is C73H142O17P2. The Balaban J connectivity index is 5.22. The summed E-state index contributed by atoms with van der Waals surface area (Å²) in [4.78, 5) is 72.6. The first-order chi connectivity index (χ1) is 44.7. The van der Waals surface area contributed by atoms with E-state index < -0.39 is 97.5 Å². The summed E-state index contributed by atoms with van der Waals surface area (Å²) in [6, 6.07) is 0. The Hall–Kier alpha value is -1.94. The van der Waals surface area contributed by atoms with Crippen LogP contribution in [0, 0.1) is 0 Å². The van der Waals surface area contributed by atoms with Crippen LogP contribution >= 0.6 is 15.6 Å². The number of unbranched alkanes of at least 4 members (excludes halogenated alkanes) is 48. The van der Waals surface area contributed by atoms with Gasteiger partial charge in [0.15, 0.2) is 12.2 Å². The van der Waals surface area contributed by atoms with Crippen molar-refractivity contribution in [1.82, 2.24) is 0 Å². The molecule has 0 rings (SSSR count). The number of phosphoric acid groups is 2. The van der Waals surface area contributed by atoms with Gasteiger partial charge < -0.3 is 33.8 Å². The summed E-state index contributed by atoms with van der Waals surface area (Å²) in [5.74, 6) is -2.12. The molecule has 19 heteroatoms. The lowest BCUT2D eigenvalue weighted by atomic mass is 10.0. The summed E-state index contributed by atoms with van der Waals surface area (Å²) in [6.45, 7) is 4.96. The Bertz CT molecular complexity index is 1760. The maximum atomic E-state index is 13.1. The predicted octanol–water partition coefficient (Wildman–Crippen LogP) is 21.4. The summed E-state index contributed by atoms with van der Waals surface area (Å²) in [7, 11) is -9.90. The molecule has 0 spiro atoms. The zero-order valence-corrected chi connectivity index (χ0v) is 61.3. The van der Waals surface area contributed by atoms with Crippen molar-refractivity contribution in [2.75, 3.05) is 39.6 Å². The Labute approximate surface area is 562 Å². The van der Waals surface area contributed by atoms with E-state index in [1.54, 1.807) is 0 Å². The average molecular weight is 1350 g/mol. The molecule has 0 aliphatic rings. The fourth-order valence-electron chi connectivity index (χ4n) is 11.2. The molecule has 0 radical (unpaired) electrons. The molecular weight excluding hydrogens is 1210 g/mol. The van der Waals surface area contributed by atoms with E-state index >= 15 is 0 Å². The molecule has 0 aromatic heterocycles. The second-order valence-corrected chi connectivity index (χ2v) is 29.2. The van der Waals surface area contributed by atoms with Gasteiger partial charge >= 0.3 is 39.5 Å². The van der Waals surface area contributed by atoms with Crippen molar-refractivity contribution in [3.63, 3.8) is 0 Å². The summed E-state index contributed by atoms with van der Waals surface area (Å²) < 4.78 is 68.4. The number of hydrogen-bond donors (Lipinski definition) is 3. The highest BCUT2D eigenvalue weighted by Gasteiger charge is 2.30. The number of carbonyl (C=O) groups is 4. The summed E-state index contributed by atoms with van der Waals surface area (Å²) in [6.07, 6.45) is 56.8. The van der Waals surface area contributed by atoms with Gasteiger partial charge in [0.25, 0.3) is 0 Å². The molecule has 0 bridgehead atoms. The number of aliphatic hydroxyl groups excluding tert-OH is 1. The van der Waals surface area contributed by atoms with Crippen molar-refractivity contribution in [2.24, 2.45) is 0 Å². The van der Waals surface area contributed by atoms with Gasteiger partial charge in [-0.05, 0) is 25.7 Å². The van der Waals surface area contributed by atoms with Gasteiger partial charge in [-0.1, -0.05) is 336 Å². The van der Waals surface area contributed by atoms with Crippen LogP contribution in [-0.4, -0.2) is 96.7 Å². The highest BCUT2D eigenvalue weighted by Crippen LogP contribution is 2.45. The van der Waals surface area contributed by atoms with Crippen LogP contribution in [0.3, 0.4) is 0 Å². The monoisotopic (exact) mass is 1350 g/mol. The van der Waals surface area contributed by atoms with Gasteiger partial charge in [0, 0.05) is 25.7 Å². The van der Waals surface area contributed by atoms with Gasteiger partial charge in [-0.2, -0.15) is 0 Å². The molecule has 0 aromatic carbocycles. The topological polar surface area (TPSA) is 237 Å². The lowest BCUT2D eigenvalue weighted by Crippen LogP contribution is -2.30. The molecule has 0 aliphatic carbocycles. The second kappa shape index (κ2) is 67.6. The first kappa shape index (κ1) is 90.1. The van der Waals surface area contributed by atoms with Crippen LogP contribution < -0.4 is 0 Å². The van der Waals surface area contributed by atoms with E-state index in [2.05, 4.69) is 27.7 Å². The average Bonchev–Trinajstić information content (AvgIpc) is 3.60. The van der Waals surface area contributed by atoms with Crippen molar-refractivity contribution in [3.8, 4) is 0 Å². The van der Waals surface area contributed by atoms with Crippen molar-refractivity contribution in [1.29, 1.82) is 0 Å². The van der Waals surface area contributed by atoms with Crippen LogP contribution in [0.15, 0.2) is 0 Å². The molecule has 0 fully saturated rings. The van der Waals surface area contributed by atoms with Crippen LogP contribution in [0.5, 0.6) is 0 Å². The third kappa shape index (κ3) is 66.7. The zero-order valence-electron chi connectivity index (χ0n) is 59.5. The van der Waals surface area contributed by atoms with Gasteiger partial charge in [-0.3, -0.25) is 37.3 Å². The molecule has 2 unspecified atom stereocenters. The molecule has 546 valence electrons. The lowest BCUT2D eigenvalue weighted by Gasteiger charge is -2.21. The van der Waals surface area contributed by atoms with Crippen molar-refractivity contribution in [3.05, 3.63) is 0 Å². The van der Waals surface area contributed by atoms with E-state index in [0.29, 0.717) is 25.7 Å². The van der Waals surface area contributed by atoms with Gasteiger partial charge in [-0.15, -0.1) is 0 Å². The van der Waals surface area contributed by atoms with Crippen LogP contribution in [0.2, 0.25) is 0 Å². The largest absolute Gasteiger partial charge is 0.472 e. The minimum Gasteiger partial charge on any atom is -0.462 e. The first-order valence-electron chi connectivity index (χ1n) is 38.3. The maximum absolute atomic E-state index is 13.1. The van der Waals surface area contributed by atoms with Crippen LogP contribution in [0.4, 0.5) is 0 Å². The molecule has 17 nitrogen and oxygen atoms in total. The quantitative estimate of drug-likeness (QED) is 0.0222. The summed E-state index contributed by atoms with van der Waals surface area (Å²) in [5.41, 5.74) is 0. The molecule has 5 atom stereocenters.